The van der Waals surface area contributed by atoms with Crippen molar-refractivity contribution in [3.8, 4) is 5.75 Å². The van der Waals surface area contributed by atoms with Gasteiger partial charge in [-0.15, -0.1) is 0 Å². The van der Waals surface area contributed by atoms with E-state index in [0.29, 0.717) is 11.1 Å². The van der Waals surface area contributed by atoms with Gasteiger partial charge in [-0.1, -0.05) is 41.9 Å². The number of benzene rings is 2. The topological polar surface area (TPSA) is 57.2 Å². The molecule has 0 spiro atoms. The number of hydrogen-bond acceptors (Lipinski definition) is 5. The first kappa shape index (κ1) is 23.6. The van der Waals surface area contributed by atoms with Crippen molar-refractivity contribution in [1.82, 2.24) is 4.90 Å². The molecule has 204 valence electrons. The predicted molar refractivity (Wildman–Crippen MR) is 146 cm³/mol. The summed E-state index contributed by atoms with van der Waals surface area (Å²) in [6, 6.07) is 8.05. The van der Waals surface area contributed by atoms with Gasteiger partial charge in [0, 0.05) is 32.8 Å². The third-order valence-corrected chi connectivity index (χ3v) is 8.09. The maximum atomic E-state index is 15.4. The van der Waals surface area contributed by atoms with Gasteiger partial charge in [0.05, 0.1) is 23.6 Å². The maximum Gasteiger partial charge on any atom is 0.496 e. The van der Waals surface area contributed by atoms with Crippen molar-refractivity contribution >= 4 is 30.3 Å². The molecular weight excluding hydrogens is 508 g/mol. The number of carbonyl (C=O) groups excluding carboxylic acids is 1. The standard InChI is InChI=1S/C29H36BClFNO5/c1-26(2,3)36-25(34)33-15-11-14-22(33)29(18-12-9-8-10-13-18)17-19-21(35-29)16-20(32)24(31)23(19)30-37-27(4,5)28(6,7)38-30/h8-10,12-13,16,22H,11,14-15,17H2,1-7H3/t22?,29-/m0/s1/i15D2,22D. The molecule has 6 nitrogen and oxygen atoms in total. The van der Waals surface area contributed by atoms with E-state index >= 15 is 4.39 Å². The Morgan fingerprint density at radius 1 is 1.21 bits per heavy atom. The molecule has 0 aliphatic carbocycles. The quantitative estimate of drug-likeness (QED) is 0.442. The normalized spacial score (nSPS) is 30.3. The summed E-state index contributed by atoms with van der Waals surface area (Å²) in [6.07, 6.45) is -1.18. The van der Waals surface area contributed by atoms with Gasteiger partial charge in [-0.05, 0) is 66.9 Å². The Balaban J connectivity index is 1.70. The minimum atomic E-state index is -2.21. The fourth-order valence-corrected chi connectivity index (χ4v) is 5.42. The van der Waals surface area contributed by atoms with Crippen LogP contribution < -0.4 is 10.2 Å². The minimum Gasteiger partial charge on any atom is -0.480 e. The number of hydrogen-bond donors (Lipinski definition) is 0. The number of likely N-dealkylation sites (tertiary alicyclic amines) is 1. The van der Waals surface area contributed by atoms with Crippen LogP contribution >= 0.6 is 11.6 Å². The van der Waals surface area contributed by atoms with Crippen molar-refractivity contribution in [2.45, 2.75) is 96.2 Å². The predicted octanol–water partition coefficient (Wildman–Crippen LogP) is 6.01. The summed E-state index contributed by atoms with van der Waals surface area (Å²) in [5.41, 5.74) is -2.80. The Morgan fingerprint density at radius 2 is 1.84 bits per heavy atom. The molecule has 0 N–H and O–H groups in total. The molecule has 2 fully saturated rings. The van der Waals surface area contributed by atoms with Gasteiger partial charge in [-0.25, -0.2) is 9.18 Å². The second-order valence-corrected chi connectivity index (χ2v) is 12.4. The van der Waals surface area contributed by atoms with Gasteiger partial charge in [0.2, 0.25) is 0 Å². The summed E-state index contributed by atoms with van der Waals surface area (Å²) in [5.74, 6) is -0.618. The Bertz CT molecular complexity index is 1370. The summed E-state index contributed by atoms with van der Waals surface area (Å²) in [6.45, 7) is 10.3. The average molecular weight is 547 g/mol. The van der Waals surface area contributed by atoms with E-state index in [9.17, 15) is 6.17 Å². The van der Waals surface area contributed by atoms with Crippen LogP contribution in [0.2, 0.25) is 5.02 Å². The van der Waals surface area contributed by atoms with Gasteiger partial charge < -0.3 is 23.7 Å². The van der Waals surface area contributed by atoms with Gasteiger partial charge in [-0.3, -0.25) is 0 Å². The first-order valence-electron chi connectivity index (χ1n) is 14.4. The Kier molecular flexibility index (Phi) is 5.67. The summed E-state index contributed by atoms with van der Waals surface area (Å²) >= 11 is 6.59. The van der Waals surface area contributed by atoms with Gasteiger partial charge >= 0.3 is 13.2 Å². The van der Waals surface area contributed by atoms with Crippen LogP contribution in [-0.2, 0) is 26.1 Å². The highest BCUT2D eigenvalue weighted by molar-refractivity contribution is 6.66. The molecule has 0 radical (unpaired) electrons. The molecule has 3 heterocycles. The smallest absolute Gasteiger partial charge is 0.480 e. The molecule has 1 unspecified atom stereocenters. The molecule has 1 amide bonds. The lowest BCUT2D eigenvalue weighted by molar-refractivity contribution is -0.0216. The molecule has 2 atom stereocenters. The summed E-state index contributed by atoms with van der Waals surface area (Å²) < 4.78 is 67.5. The zero-order chi connectivity index (χ0) is 30.4. The molecule has 0 bridgehead atoms. The molecule has 9 heteroatoms. The number of amides is 1. The molecular formula is C29H36BClFNO5. The SMILES string of the molecule is [2H]C1([2H])CCC([2H])([C@@]2(c3ccccc3)Cc3c(cc(F)c(Cl)c3B3OC(C)(C)C(C)(C)O3)O2)N1C(=O)OC(C)(C)C. The third kappa shape index (κ3) is 4.48. The molecule has 2 aromatic rings. The van der Waals surface area contributed by atoms with E-state index in [2.05, 4.69) is 0 Å². The summed E-state index contributed by atoms with van der Waals surface area (Å²) in [7, 11) is -1.02. The average Bonchev–Trinajstić information content (AvgIpc) is 3.41. The van der Waals surface area contributed by atoms with E-state index in [1.807, 2.05) is 33.8 Å². The first-order valence-corrected chi connectivity index (χ1v) is 13.3. The summed E-state index contributed by atoms with van der Waals surface area (Å²) in [5, 5.41) is -0.181. The van der Waals surface area contributed by atoms with Gasteiger partial charge in [0.15, 0.2) is 5.60 Å². The van der Waals surface area contributed by atoms with Crippen LogP contribution in [-0.4, -0.2) is 47.4 Å². The monoisotopic (exact) mass is 546 g/mol. The minimum absolute atomic E-state index is 0.0232. The lowest BCUT2D eigenvalue weighted by Gasteiger charge is -2.40. The largest absolute Gasteiger partial charge is 0.496 e. The van der Waals surface area contributed by atoms with Crippen molar-refractivity contribution in [1.29, 1.82) is 0 Å². The Hall–Kier alpha value is -2.29. The fraction of sp³-hybridized carbons (Fsp3) is 0.552. The van der Waals surface area contributed by atoms with Crippen molar-refractivity contribution in [2.24, 2.45) is 0 Å². The second-order valence-electron chi connectivity index (χ2n) is 12.0. The van der Waals surface area contributed by atoms with Crippen LogP contribution in [0.25, 0.3) is 0 Å². The molecule has 3 aliphatic rings. The number of carbonyl (C=O) groups is 1. The molecule has 0 aromatic heterocycles. The molecule has 38 heavy (non-hydrogen) atoms. The number of halogens is 2. The highest BCUT2D eigenvalue weighted by atomic mass is 35.5. The number of fused-ring (bicyclic) bond motifs is 1. The second kappa shape index (κ2) is 9.14. The maximum absolute atomic E-state index is 15.4. The van der Waals surface area contributed by atoms with Crippen molar-refractivity contribution in [3.05, 3.63) is 58.4 Å². The van der Waals surface area contributed by atoms with E-state index in [-0.39, 0.29) is 35.5 Å². The van der Waals surface area contributed by atoms with Gasteiger partial charge in [0.25, 0.3) is 0 Å². The van der Waals surface area contributed by atoms with Crippen molar-refractivity contribution in [2.75, 3.05) is 6.50 Å². The van der Waals surface area contributed by atoms with Crippen LogP contribution in [0.5, 0.6) is 5.75 Å². The molecule has 5 rings (SSSR count). The van der Waals surface area contributed by atoms with Crippen molar-refractivity contribution < 1.29 is 32.1 Å². The van der Waals surface area contributed by atoms with E-state index in [1.54, 1.807) is 45.0 Å². The zero-order valence-corrected chi connectivity index (χ0v) is 23.7. The fourth-order valence-electron chi connectivity index (χ4n) is 5.17. The Morgan fingerprint density at radius 3 is 2.45 bits per heavy atom. The first-order chi connectivity index (χ1) is 18.7. The van der Waals surface area contributed by atoms with Gasteiger partial charge in [-0.2, -0.15) is 0 Å². The Labute approximate surface area is 234 Å². The number of rotatable bonds is 3. The molecule has 2 saturated heterocycles. The number of ether oxygens (including phenoxy) is 2. The summed E-state index contributed by atoms with van der Waals surface area (Å²) in [4.78, 5) is 14.4. The lowest BCUT2D eigenvalue weighted by atomic mass is 9.72. The highest BCUT2D eigenvalue weighted by Gasteiger charge is 2.57. The van der Waals surface area contributed by atoms with Crippen LogP contribution in [0.15, 0.2) is 36.4 Å². The molecule has 0 saturated carbocycles. The van der Waals surface area contributed by atoms with E-state index in [0.717, 1.165) is 4.90 Å². The van der Waals surface area contributed by atoms with Gasteiger partial charge in [0.1, 0.15) is 17.2 Å². The van der Waals surface area contributed by atoms with E-state index in [4.69, 9.17) is 33.1 Å². The van der Waals surface area contributed by atoms with Crippen molar-refractivity contribution in [3.63, 3.8) is 0 Å². The van der Waals surface area contributed by atoms with E-state index in [1.165, 1.54) is 6.07 Å². The van der Waals surface area contributed by atoms with Crippen LogP contribution in [0, 0.1) is 5.82 Å². The van der Waals surface area contributed by atoms with E-state index < -0.39 is 53.9 Å². The van der Waals surface area contributed by atoms with Crippen LogP contribution in [0.3, 0.4) is 0 Å². The molecule has 2 aromatic carbocycles. The third-order valence-electron chi connectivity index (χ3n) is 7.71. The molecule has 3 aliphatic heterocycles. The number of nitrogens with zero attached hydrogens (tertiary/aromatic N) is 1. The zero-order valence-electron chi connectivity index (χ0n) is 25.9. The van der Waals surface area contributed by atoms with Crippen LogP contribution in [0.4, 0.5) is 9.18 Å². The lowest BCUT2D eigenvalue weighted by Crippen LogP contribution is -2.53. The van der Waals surface area contributed by atoms with Crippen LogP contribution in [0.1, 0.15) is 76.5 Å². The highest BCUT2D eigenvalue weighted by Crippen LogP contribution is 2.49.